The van der Waals surface area contributed by atoms with Gasteiger partial charge >= 0.3 is 0 Å². The van der Waals surface area contributed by atoms with Gasteiger partial charge in [0.1, 0.15) is 6.07 Å². The smallest absolute Gasteiger partial charge is 0.248 e. The van der Waals surface area contributed by atoms with Gasteiger partial charge in [-0.1, -0.05) is 45.0 Å². The molecule has 5 heteroatoms. The van der Waals surface area contributed by atoms with Crippen molar-refractivity contribution in [2.45, 2.75) is 26.2 Å². The third kappa shape index (κ3) is 5.11. The zero-order valence-corrected chi connectivity index (χ0v) is 16.3. The first-order chi connectivity index (χ1) is 12.8. The Hall–Kier alpha value is -3.26. The van der Waals surface area contributed by atoms with E-state index in [0.717, 1.165) is 5.56 Å². The minimum Gasteiger partial charge on any atom is -0.493 e. The Morgan fingerprint density at radius 2 is 1.67 bits per heavy atom. The van der Waals surface area contributed by atoms with E-state index in [1.54, 1.807) is 12.1 Å². The van der Waals surface area contributed by atoms with Gasteiger partial charge in [-0.15, -0.1) is 0 Å². The SMILES string of the molecule is COc1cc(C#N)c(NC(=O)/C=C/c2ccc(C(C)(C)C)cc2)cc1OC. The maximum atomic E-state index is 12.3. The van der Waals surface area contributed by atoms with Crippen LogP contribution >= 0.6 is 0 Å². The van der Waals surface area contributed by atoms with Crippen LogP contribution in [0.3, 0.4) is 0 Å². The summed E-state index contributed by atoms with van der Waals surface area (Å²) in [7, 11) is 2.99. The Balaban J connectivity index is 2.16. The summed E-state index contributed by atoms with van der Waals surface area (Å²) in [6.45, 7) is 6.46. The summed E-state index contributed by atoms with van der Waals surface area (Å²) in [5, 5.41) is 12.0. The van der Waals surface area contributed by atoms with Crippen molar-refractivity contribution in [1.29, 1.82) is 5.26 Å². The number of nitrogens with zero attached hydrogens (tertiary/aromatic N) is 1. The predicted molar refractivity (Wildman–Crippen MR) is 107 cm³/mol. The van der Waals surface area contributed by atoms with E-state index >= 15 is 0 Å². The zero-order chi connectivity index (χ0) is 20.0. The van der Waals surface area contributed by atoms with Crippen LogP contribution in [0.1, 0.15) is 37.5 Å². The predicted octanol–water partition coefficient (Wildman–Crippen LogP) is 4.52. The van der Waals surface area contributed by atoms with Gasteiger partial charge in [0.25, 0.3) is 0 Å². The molecular weight excluding hydrogens is 340 g/mol. The molecule has 0 radical (unpaired) electrons. The molecule has 0 heterocycles. The number of nitrogens with one attached hydrogen (secondary N) is 1. The molecule has 2 rings (SSSR count). The van der Waals surface area contributed by atoms with Crippen LogP contribution in [-0.2, 0) is 10.2 Å². The highest BCUT2D eigenvalue weighted by atomic mass is 16.5. The number of anilines is 1. The van der Waals surface area contributed by atoms with Crippen LogP contribution in [0.25, 0.3) is 6.08 Å². The standard InChI is InChI=1S/C22H24N2O3/c1-22(2,3)17-9-6-15(7-10-17)8-11-21(25)24-18-13-20(27-5)19(26-4)12-16(18)14-23/h6-13H,1-5H3,(H,24,25)/b11-8+. The third-order valence-electron chi connectivity index (χ3n) is 4.11. The van der Waals surface area contributed by atoms with E-state index < -0.39 is 0 Å². The maximum Gasteiger partial charge on any atom is 0.248 e. The van der Waals surface area contributed by atoms with Crippen molar-refractivity contribution in [3.05, 3.63) is 59.2 Å². The average Bonchev–Trinajstić information content (AvgIpc) is 2.65. The van der Waals surface area contributed by atoms with Crippen molar-refractivity contribution in [2.24, 2.45) is 0 Å². The lowest BCUT2D eigenvalue weighted by atomic mass is 9.87. The quantitative estimate of drug-likeness (QED) is 0.792. The van der Waals surface area contributed by atoms with Crippen LogP contribution in [0.2, 0.25) is 0 Å². The molecule has 0 aliphatic rings. The highest BCUT2D eigenvalue weighted by Crippen LogP contribution is 2.33. The molecule has 0 aliphatic carbocycles. The first-order valence-corrected chi connectivity index (χ1v) is 8.54. The fraction of sp³-hybridized carbons (Fsp3) is 0.273. The topological polar surface area (TPSA) is 71.3 Å². The van der Waals surface area contributed by atoms with Gasteiger partial charge in [0.2, 0.25) is 5.91 Å². The number of carbonyl (C=O) groups excluding carboxylic acids is 1. The van der Waals surface area contributed by atoms with Crippen LogP contribution in [-0.4, -0.2) is 20.1 Å². The van der Waals surface area contributed by atoms with Gasteiger partial charge in [-0.3, -0.25) is 4.79 Å². The van der Waals surface area contributed by atoms with E-state index in [1.807, 2.05) is 18.2 Å². The number of amides is 1. The minimum absolute atomic E-state index is 0.0841. The monoisotopic (exact) mass is 364 g/mol. The van der Waals surface area contributed by atoms with E-state index in [2.05, 4.69) is 38.2 Å². The van der Waals surface area contributed by atoms with E-state index in [0.29, 0.717) is 22.7 Å². The van der Waals surface area contributed by atoms with Gasteiger partial charge in [-0.25, -0.2) is 0 Å². The van der Waals surface area contributed by atoms with Gasteiger partial charge in [-0.05, 0) is 22.6 Å². The van der Waals surface area contributed by atoms with Crippen LogP contribution in [0.5, 0.6) is 11.5 Å². The number of hydrogen-bond acceptors (Lipinski definition) is 4. The Kier molecular flexibility index (Phi) is 6.25. The van der Waals surface area contributed by atoms with Gasteiger partial charge in [0.05, 0.1) is 25.5 Å². The van der Waals surface area contributed by atoms with Crippen molar-refractivity contribution in [2.75, 3.05) is 19.5 Å². The second-order valence-electron chi connectivity index (χ2n) is 7.06. The van der Waals surface area contributed by atoms with Gasteiger partial charge < -0.3 is 14.8 Å². The minimum atomic E-state index is -0.335. The van der Waals surface area contributed by atoms with Crippen molar-refractivity contribution in [3.63, 3.8) is 0 Å². The molecule has 5 nitrogen and oxygen atoms in total. The first kappa shape index (κ1) is 20.1. The Morgan fingerprint density at radius 1 is 1.07 bits per heavy atom. The molecule has 0 spiro atoms. The molecule has 0 aliphatic heterocycles. The van der Waals surface area contributed by atoms with Crippen LogP contribution in [0, 0.1) is 11.3 Å². The van der Waals surface area contributed by atoms with E-state index in [9.17, 15) is 10.1 Å². The van der Waals surface area contributed by atoms with E-state index in [1.165, 1.54) is 31.9 Å². The first-order valence-electron chi connectivity index (χ1n) is 8.54. The van der Waals surface area contributed by atoms with Crippen LogP contribution < -0.4 is 14.8 Å². The highest BCUT2D eigenvalue weighted by molar-refractivity contribution is 6.02. The summed E-state index contributed by atoms with van der Waals surface area (Å²) in [6.07, 6.45) is 3.17. The molecule has 0 fully saturated rings. The normalized spacial score (nSPS) is 11.1. The molecule has 0 saturated heterocycles. The highest BCUT2D eigenvalue weighted by Gasteiger charge is 2.13. The summed E-state index contributed by atoms with van der Waals surface area (Å²) in [6, 6.07) is 13.2. The van der Waals surface area contributed by atoms with Crippen LogP contribution in [0.4, 0.5) is 5.69 Å². The number of hydrogen-bond donors (Lipinski definition) is 1. The molecular formula is C22H24N2O3. The van der Waals surface area contributed by atoms with Crippen molar-refractivity contribution < 1.29 is 14.3 Å². The van der Waals surface area contributed by atoms with Gasteiger partial charge in [0, 0.05) is 18.2 Å². The maximum absolute atomic E-state index is 12.3. The molecule has 0 atom stereocenters. The van der Waals surface area contributed by atoms with Crippen molar-refractivity contribution >= 4 is 17.7 Å². The van der Waals surface area contributed by atoms with Crippen molar-refractivity contribution in [1.82, 2.24) is 0 Å². The van der Waals surface area contributed by atoms with Crippen LogP contribution in [0.15, 0.2) is 42.5 Å². The summed E-state index contributed by atoms with van der Waals surface area (Å²) in [4.78, 5) is 12.3. The Labute approximate surface area is 160 Å². The van der Waals surface area contributed by atoms with E-state index in [-0.39, 0.29) is 11.3 Å². The molecule has 0 bridgehead atoms. The number of carbonyl (C=O) groups is 1. The largest absolute Gasteiger partial charge is 0.493 e. The van der Waals surface area contributed by atoms with E-state index in [4.69, 9.17) is 9.47 Å². The molecule has 2 aromatic rings. The molecule has 0 saturated carbocycles. The molecule has 2 aromatic carbocycles. The number of nitriles is 1. The fourth-order valence-corrected chi connectivity index (χ4v) is 2.52. The van der Waals surface area contributed by atoms with Gasteiger partial charge in [-0.2, -0.15) is 5.26 Å². The molecule has 1 N–H and O–H groups in total. The Morgan fingerprint density at radius 3 is 2.19 bits per heavy atom. The summed E-state index contributed by atoms with van der Waals surface area (Å²) >= 11 is 0. The zero-order valence-electron chi connectivity index (χ0n) is 16.3. The second-order valence-corrected chi connectivity index (χ2v) is 7.06. The number of benzene rings is 2. The Bertz CT molecular complexity index is 885. The van der Waals surface area contributed by atoms with Crippen molar-refractivity contribution in [3.8, 4) is 17.6 Å². The molecule has 1 amide bonds. The molecule has 0 unspecified atom stereocenters. The average molecular weight is 364 g/mol. The fourth-order valence-electron chi connectivity index (χ4n) is 2.52. The van der Waals surface area contributed by atoms with Gasteiger partial charge in [0.15, 0.2) is 11.5 Å². The molecule has 140 valence electrons. The lowest BCUT2D eigenvalue weighted by Crippen LogP contribution is -2.10. The lowest BCUT2D eigenvalue weighted by Gasteiger charge is -2.18. The third-order valence-corrected chi connectivity index (χ3v) is 4.11. The summed E-state index contributed by atoms with van der Waals surface area (Å²) in [5.74, 6) is 0.536. The molecule has 27 heavy (non-hydrogen) atoms. The summed E-state index contributed by atoms with van der Waals surface area (Å²) in [5.41, 5.74) is 2.90. The summed E-state index contributed by atoms with van der Waals surface area (Å²) < 4.78 is 10.4. The number of rotatable bonds is 5. The number of methoxy groups -OCH3 is 2. The molecule has 0 aromatic heterocycles. The second kappa shape index (κ2) is 8.41. The number of ether oxygens (including phenoxy) is 2. The lowest BCUT2D eigenvalue weighted by molar-refractivity contribution is -0.111.